The fraction of sp³-hybridized carbons (Fsp3) is 1.00. The van der Waals surface area contributed by atoms with Gasteiger partial charge in [-0.1, -0.05) is 6.92 Å². The van der Waals surface area contributed by atoms with E-state index in [2.05, 4.69) is 17.6 Å². The SMILES string of the molecule is CC1CNCC1CNCC1CC1. The van der Waals surface area contributed by atoms with Crippen LogP contribution in [0.5, 0.6) is 0 Å². The molecule has 70 valence electrons. The average molecular weight is 168 g/mol. The standard InChI is InChI=1S/C10H20N2/c1-8-4-11-6-10(8)7-12-5-9-2-3-9/h8-12H,2-7H2,1H3. The van der Waals surface area contributed by atoms with Gasteiger partial charge in [-0.2, -0.15) is 0 Å². The van der Waals surface area contributed by atoms with Gasteiger partial charge in [0.1, 0.15) is 0 Å². The second kappa shape index (κ2) is 3.75. The summed E-state index contributed by atoms with van der Waals surface area (Å²) < 4.78 is 0. The molecule has 12 heavy (non-hydrogen) atoms. The highest BCUT2D eigenvalue weighted by atomic mass is 15.0. The summed E-state index contributed by atoms with van der Waals surface area (Å²) >= 11 is 0. The van der Waals surface area contributed by atoms with Crippen LogP contribution < -0.4 is 10.6 Å². The number of hydrogen-bond acceptors (Lipinski definition) is 2. The van der Waals surface area contributed by atoms with Crippen molar-refractivity contribution in [2.24, 2.45) is 17.8 Å². The predicted molar refractivity (Wildman–Crippen MR) is 51.1 cm³/mol. The third-order valence-electron chi connectivity index (χ3n) is 3.21. The van der Waals surface area contributed by atoms with Gasteiger partial charge in [0.05, 0.1) is 0 Å². The molecule has 2 aliphatic rings. The van der Waals surface area contributed by atoms with E-state index in [4.69, 9.17) is 0 Å². The molecule has 2 fully saturated rings. The molecule has 0 aromatic heterocycles. The monoisotopic (exact) mass is 168 g/mol. The Bertz CT molecular complexity index is 143. The third-order valence-corrected chi connectivity index (χ3v) is 3.21. The number of nitrogens with one attached hydrogen (secondary N) is 2. The summed E-state index contributed by atoms with van der Waals surface area (Å²) in [5, 5.41) is 7.02. The van der Waals surface area contributed by atoms with E-state index in [0.717, 1.165) is 17.8 Å². The van der Waals surface area contributed by atoms with E-state index in [9.17, 15) is 0 Å². The summed E-state index contributed by atoms with van der Waals surface area (Å²) in [6, 6.07) is 0. The van der Waals surface area contributed by atoms with Crippen molar-refractivity contribution in [3.63, 3.8) is 0 Å². The van der Waals surface area contributed by atoms with Crippen LogP contribution in [-0.4, -0.2) is 26.2 Å². The third kappa shape index (κ3) is 2.20. The Morgan fingerprint density at radius 1 is 1.25 bits per heavy atom. The van der Waals surface area contributed by atoms with Crippen molar-refractivity contribution < 1.29 is 0 Å². The summed E-state index contributed by atoms with van der Waals surface area (Å²) in [7, 11) is 0. The van der Waals surface area contributed by atoms with Gasteiger partial charge in [0, 0.05) is 0 Å². The minimum atomic E-state index is 0.872. The Balaban J connectivity index is 1.58. The zero-order chi connectivity index (χ0) is 8.39. The second-order valence-corrected chi connectivity index (χ2v) is 4.50. The second-order valence-electron chi connectivity index (χ2n) is 4.50. The van der Waals surface area contributed by atoms with E-state index in [-0.39, 0.29) is 0 Å². The fourth-order valence-corrected chi connectivity index (χ4v) is 1.93. The highest BCUT2D eigenvalue weighted by Crippen LogP contribution is 2.27. The van der Waals surface area contributed by atoms with Crippen LogP contribution in [0.15, 0.2) is 0 Å². The van der Waals surface area contributed by atoms with E-state index >= 15 is 0 Å². The lowest BCUT2D eigenvalue weighted by atomic mass is 9.98. The van der Waals surface area contributed by atoms with Crippen LogP contribution in [0.4, 0.5) is 0 Å². The molecule has 2 N–H and O–H groups in total. The first-order chi connectivity index (χ1) is 5.86. The largest absolute Gasteiger partial charge is 0.316 e. The lowest BCUT2D eigenvalue weighted by Crippen LogP contribution is -2.28. The molecule has 0 amide bonds. The zero-order valence-electron chi connectivity index (χ0n) is 7.97. The molecule has 1 saturated heterocycles. The smallest absolute Gasteiger partial charge is 0.000523 e. The van der Waals surface area contributed by atoms with Gasteiger partial charge in [0.15, 0.2) is 0 Å². The molecule has 2 rings (SSSR count). The first kappa shape index (κ1) is 8.52. The van der Waals surface area contributed by atoms with E-state index < -0.39 is 0 Å². The van der Waals surface area contributed by atoms with Gasteiger partial charge in [-0.15, -0.1) is 0 Å². The van der Waals surface area contributed by atoms with Crippen LogP contribution in [0, 0.1) is 17.8 Å². The molecular formula is C10H20N2. The van der Waals surface area contributed by atoms with Crippen molar-refractivity contribution in [3.05, 3.63) is 0 Å². The molecule has 0 aromatic carbocycles. The average Bonchev–Trinajstić information content (AvgIpc) is 2.78. The summed E-state index contributed by atoms with van der Waals surface area (Å²) in [6.07, 6.45) is 2.93. The first-order valence-corrected chi connectivity index (χ1v) is 5.27. The van der Waals surface area contributed by atoms with Gasteiger partial charge < -0.3 is 10.6 Å². The minimum Gasteiger partial charge on any atom is -0.316 e. The van der Waals surface area contributed by atoms with Gasteiger partial charge in [0.25, 0.3) is 0 Å². The van der Waals surface area contributed by atoms with Crippen molar-refractivity contribution in [1.29, 1.82) is 0 Å². The lowest BCUT2D eigenvalue weighted by Gasteiger charge is -2.14. The zero-order valence-corrected chi connectivity index (χ0v) is 7.97. The molecule has 2 unspecified atom stereocenters. The van der Waals surface area contributed by atoms with Crippen molar-refractivity contribution in [2.75, 3.05) is 26.2 Å². The Kier molecular flexibility index (Phi) is 2.66. The molecule has 0 aromatic rings. The quantitative estimate of drug-likeness (QED) is 0.650. The van der Waals surface area contributed by atoms with Gasteiger partial charge in [-0.25, -0.2) is 0 Å². The predicted octanol–water partition coefficient (Wildman–Crippen LogP) is 0.841. The normalized spacial score (nSPS) is 35.8. The summed E-state index contributed by atoms with van der Waals surface area (Å²) in [4.78, 5) is 0. The Hall–Kier alpha value is -0.0800. The molecule has 1 aliphatic carbocycles. The van der Waals surface area contributed by atoms with Gasteiger partial charge in [-0.05, 0) is 56.8 Å². The lowest BCUT2D eigenvalue weighted by molar-refractivity contribution is 0.417. The van der Waals surface area contributed by atoms with Gasteiger partial charge in [-0.3, -0.25) is 0 Å². The molecule has 2 nitrogen and oxygen atoms in total. The van der Waals surface area contributed by atoms with Crippen molar-refractivity contribution in [3.8, 4) is 0 Å². The Labute approximate surface area is 75.1 Å². The van der Waals surface area contributed by atoms with Crippen LogP contribution in [0.1, 0.15) is 19.8 Å². The van der Waals surface area contributed by atoms with Gasteiger partial charge >= 0.3 is 0 Å². The van der Waals surface area contributed by atoms with Crippen LogP contribution in [0.25, 0.3) is 0 Å². The maximum atomic E-state index is 3.58. The van der Waals surface area contributed by atoms with E-state index in [0.29, 0.717) is 0 Å². The fourth-order valence-electron chi connectivity index (χ4n) is 1.93. The number of rotatable bonds is 4. The molecule has 1 saturated carbocycles. The summed E-state index contributed by atoms with van der Waals surface area (Å²) in [5.41, 5.74) is 0. The maximum absolute atomic E-state index is 3.58. The molecule has 1 heterocycles. The first-order valence-electron chi connectivity index (χ1n) is 5.27. The molecular weight excluding hydrogens is 148 g/mol. The van der Waals surface area contributed by atoms with Gasteiger partial charge in [0.2, 0.25) is 0 Å². The molecule has 2 atom stereocenters. The highest BCUT2D eigenvalue weighted by molar-refractivity contribution is 4.81. The maximum Gasteiger partial charge on any atom is -0.000523 e. The van der Waals surface area contributed by atoms with E-state index in [1.165, 1.54) is 39.0 Å². The highest BCUT2D eigenvalue weighted by Gasteiger charge is 2.24. The van der Waals surface area contributed by atoms with E-state index in [1.807, 2.05) is 0 Å². The topological polar surface area (TPSA) is 24.1 Å². The van der Waals surface area contributed by atoms with Crippen molar-refractivity contribution in [2.45, 2.75) is 19.8 Å². The summed E-state index contributed by atoms with van der Waals surface area (Å²) in [6.45, 7) is 7.28. The Morgan fingerprint density at radius 3 is 2.67 bits per heavy atom. The van der Waals surface area contributed by atoms with Crippen molar-refractivity contribution >= 4 is 0 Å². The van der Waals surface area contributed by atoms with Crippen molar-refractivity contribution in [1.82, 2.24) is 10.6 Å². The molecule has 0 bridgehead atoms. The number of hydrogen-bond donors (Lipinski definition) is 2. The summed E-state index contributed by atoms with van der Waals surface area (Å²) in [5.74, 6) is 2.77. The van der Waals surface area contributed by atoms with Crippen LogP contribution in [0.2, 0.25) is 0 Å². The molecule has 0 radical (unpaired) electrons. The molecule has 1 aliphatic heterocycles. The molecule has 0 spiro atoms. The van der Waals surface area contributed by atoms with Crippen LogP contribution >= 0.6 is 0 Å². The van der Waals surface area contributed by atoms with Crippen LogP contribution in [0.3, 0.4) is 0 Å². The van der Waals surface area contributed by atoms with E-state index in [1.54, 1.807) is 0 Å². The molecule has 2 heteroatoms. The minimum absolute atomic E-state index is 0.872. The van der Waals surface area contributed by atoms with Crippen LogP contribution in [-0.2, 0) is 0 Å². The Morgan fingerprint density at radius 2 is 2.08 bits per heavy atom.